The molecule has 1 unspecified atom stereocenters. The van der Waals surface area contributed by atoms with E-state index in [2.05, 4.69) is 93.2 Å². The summed E-state index contributed by atoms with van der Waals surface area (Å²) in [5.41, 5.74) is 0. The molecule has 148 valence electrons. The van der Waals surface area contributed by atoms with Gasteiger partial charge in [-0.15, -0.1) is 5.92 Å². The fourth-order valence-electron chi connectivity index (χ4n) is 1.76. The Hall–Kier alpha value is -1.93. The third kappa shape index (κ3) is 13.0. The Labute approximate surface area is 167 Å². The SMILES string of the molecule is COC(=O)CCC#CCC#CCC#CC/C=C\C(C)O[Si](C)(C)C(C)(C)C. The van der Waals surface area contributed by atoms with Crippen molar-refractivity contribution in [2.24, 2.45) is 0 Å². The average molecular weight is 387 g/mol. The Balaban J connectivity index is 4.04. The fourth-order valence-corrected chi connectivity index (χ4v) is 3.13. The van der Waals surface area contributed by atoms with E-state index < -0.39 is 8.32 Å². The third-order valence-electron chi connectivity index (χ3n) is 4.32. The highest BCUT2D eigenvalue weighted by Crippen LogP contribution is 2.37. The molecule has 0 aliphatic carbocycles. The average Bonchev–Trinajstić information content (AvgIpc) is 2.57. The van der Waals surface area contributed by atoms with Gasteiger partial charge in [-0.3, -0.25) is 4.79 Å². The van der Waals surface area contributed by atoms with E-state index in [9.17, 15) is 4.79 Å². The number of ether oxygens (including phenoxy) is 1. The number of allylic oxidation sites excluding steroid dienone is 1. The van der Waals surface area contributed by atoms with E-state index in [0.29, 0.717) is 32.1 Å². The first-order valence-electron chi connectivity index (χ1n) is 9.38. The largest absolute Gasteiger partial charge is 0.469 e. The number of carbonyl (C=O) groups is 1. The van der Waals surface area contributed by atoms with Gasteiger partial charge in [0.15, 0.2) is 8.32 Å². The van der Waals surface area contributed by atoms with Crippen molar-refractivity contribution in [3.05, 3.63) is 12.2 Å². The smallest absolute Gasteiger partial charge is 0.306 e. The number of hydrogen-bond donors (Lipinski definition) is 0. The van der Waals surface area contributed by atoms with Crippen LogP contribution in [0.2, 0.25) is 18.1 Å². The van der Waals surface area contributed by atoms with Gasteiger partial charge in [0, 0.05) is 12.8 Å². The van der Waals surface area contributed by atoms with Crippen LogP contribution in [0.4, 0.5) is 0 Å². The van der Waals surface area contributed by atoms with Crippen LogP contribution >= 0.6 is 0 Å². The van der Waals surface area contributed by atoms with Crippen LogP contribution < -0.4 is 0 Å². The molecule has 0 N–H and O–H groups in total. The molecule has 0 aromatic rings. The van der Waals surface area contributed by atoms with E-state index in [0.717, 1.165) is 0 Å². The second-order valence-electron chi connectivity index (χ2n) is 7.71. The van der Waals surface area contributed by atoms with Crippen LogP contribution in [-0.2, 0) is 14.0 Å². The number of hydrogen-bond acceptors (Lipinski definition) is 3. The minimum atomic E-state index is -1.72. The van der Waals surface area contributed by atoms with E-state index >= 15 is 0 Å². The normalized spacial score (nSPS) is 12.1. The highest BCUT2D eigenvalue weighted by atomic mass is 28.4. The molecule has 0 spiro atoms. The summed E-state index contributed by atoms with van der Waals surface area (Å²) in [6.45, 7) is 13.4. The Bertz CT molecular complexity index is 664. The minimum Gasteiger partial charge on any atom is -0.469 e. The lowest BCUT2D eigenvalue weighted by Crippen LogP contribution is -2.42. The monoisotopic (exact) mass is 386 g/mol. The summed E-state index contributed by atoms with van der Waals surface area (Å²) in [6, 6.07) is 0. The van der Waals surface area contributed by atoms with Crippen molar-refractivity contribution in [3.63, 3.8) is 0 Å². The molecule has 0 saturated carbocycles. The van der Waals surface area contributed by atoms with E-state index in [-0.39, 0.29) is 17.1 Å². The van der Waals surface area contributed by atoms with E-state index in [1.165, 1.54) is 7.11 Å². The van der Waals surface area contributed by atoms with Crippen LogP contribution in [0.15, 0.2) is 12.2 Å². The predicted octanol–water partition coefficient (Wildman–Crippen LogP) is 5.09. The lowest BCUT2D eigenvalue weighted by atomic mass is 10.2. The van der Waals surface area contributed by atoms with Crippen molar-refractivity contribution in [3.8, 4) is 35.5 Å². The molecule has 0 heterocycles. The summed E-state index contributed by atoms with van der Waals surface area (Å²) < 4.78 is 10.8. The van der Waals surface area contributed by atoms with Crippen LogP contribution in [0.5, 0.6) is 0 Å². The fraction of sp³-hybridized carbons (Fsp3) is 0.609. The molecule has 0 aromatic heterocycles. The highest BCUT2D eigenvalue weighted by molar-refractivity contribution is 6.74. The summed E-state index contributed by atoms with van der Waals surface area (Å²) >= 11 is 0. The summed E-state index contributed by atoms with van der Waals surface area (Å²) in [5.74, 6) is 17.7. The second-order valence-corrected chi connectivity index (χ2v) is 12.5. The topological polar surface area (TPSA) is 35.5 Å². The second kappa shape index (κ2) is 13.3. The van der Waals surface area contributed by atoms with Crippen molar-refractivity contribution < 1.29 is 14.0 Å². The number of methoxy groups -OCH3 is 1. The molecule has 0 amide bonds. The molecule has 0 bridgehead atoms. The minimum absolute atomic E-state index is 0.116. The van der Waals surface area contributed by atoms with Crippen molar-refractivity contribution in [1.82, 2.24) is 0 Å². The van der Waals surface area contributed by atoms with Crippen LogP contribution in [0, 0.1) is 35.5 Å². The molecule has 0 fully saturated rings. The highest BCUT2D eigenvalue weighted by Gasteiger charge is 2.37. The van der Waals surface area contributed by atoms with Crippen LogP contribution in [0.1, 0.15) is 59.8 Å². The van der Waals surface area contributed by atoms with Gasteiger partial charge in [0.25, 0.3) is 0 Å². The summed E-state index contributed by atoms with van der Waals surface area (Å²) in [5, 5.41) is 0.222. The number of esters is 1. The van der Waals surface area contributed by atoms with Gasteiger partial charge in [0.2, 0.25) is 0 Å². The Morgan fingerprint density at radius 2 is 1.59 bits per heavy atom. The maximum atomic E-state index is 10.9. The van der Waals surface area contributed by atoms with Gasteiger partial charge in [0.05, 0.1) is 32.5 Å². The van der Waals surface area contributed by atoms with Crippen molar-refractivity contribution in [2.75, 3.05) is 7.11 Å². The van der Waals surface area contributed by atoms with Gasteiger partial charge < -0.3 is 9.16 Å². The summed E-state index contributed by atoms with van der Waals surface area (Å²) in [6.07, 6.45) is 6.87. The molecular weight excluding hydrogens is 352 g/mol. The molecule has 0 aliphatic heterocycles. The van der Waals surface area contributed by atoms with E-state index in [4.69, 9.17) is 4.43 Å². The van der Waals surface area contributed by atoms with Crippen LogP contribution in [0.3, 0.4) is 0 Å². The zero-order valence-electron chi connectivity index (χ0n) is 18.0. The lowest BCUT2D eigenvalue weighted by molar-refractivity contribution is -0.140. The van der Waals surface area contributed by atoms with Crippen molar-refractivity contribution in [1.29, 1.82) is 0 Å². The Kier molecular flexibility index (Phi) is 12.3. The Morgan fingerprint density at radius 3 is 2.15 bits per heavy atom. The number of rotatable bonds is 6. The first-order chi connectivity index (χ1) is 12.6. The molecule has 0 aliphatic rings. The molecular formula is C23H34O3Si. The number of carbonyl (C=O) groups excluding carboxylic acids is 1. The third-order valence-corrected chi connectivity index (χ3v) is 8.90. The van der Waals surface area contributed by atoms with Crippen molar-refractivity contribution >= 4 is 14.3 Å². The van der Waals surface area contributed by atoms with Gasteiger partial charge in [0.1, 0.15) is 0 Å². The van der Waals surface area contributed by atoms with Crippen LogP contribution in [0.25, 0.3) is 0 Å². The summed E-state index contributed by atoms with van der Waals surface area (Å²) in [4.78, 5) is 10.9. The van der Waals surface area contributed by atoms with Crippen molar-refractivity contribution in [2.45, 2.75) is 84.0 Å². The van der Waals surface area contributed by atoms with Gasteiger partial charge in [-0.1, -0.05) is 62.5 Å². The molecule has 1 atom stereocenters. The zero-order valence-corrected chi connectivity index (χ0v) is 19.0. The molecule has 0 rings (SSSR count). The molecule has 4 heteroatoms. The van der Waals surface area contributed by atoms with Crippen LogP contribution in [-0.4, -0.2) is 27.5 Å². The molecule has 27 heavy (non-hydrogen) atoms. The molecule has 0 aromatic carbocycles. The van der Waals surface area contributed by atoms with Gasteiger partial charge >= 0.3 is 5.97 Å². The summed E-state index contributed by atoms with van der Waals surface area (Å²) in [7, 11) is -0.341. The van der Waals surface area contributed by atoms with Gasteiger partial charge in [-0.2, -0.15) is 0 Å². The predicted molar refractivity (Wildman–Crippen MR) is 115 cm³/mol. The Morgan fingerprint density at radius 1 is 1.04 bits per heavy atom. The van der Waals surface area contributed by atoms with Gasteiger partial charge in [-0.05, 0) is 25.1 Å². The quantitative estimate of drug-likeness (QED) is 0.276. The molecule has 0 radical (unpaired) electrons. The standard InChI is InChI=1S/C23H34O3Si/c1-21(26-27(6,7)23(2,3)4)19-17-15-13-11-9-8-10-12-14-16-18-20-22(24)25-5/h17,19,21H,9,12,15,18,20H2,1-7H3/b19-17-. The first-order valence-corrected chi connectivity index (χ1v) is 12.3. The maximum absolute atomic E-state index is 10.9. The first kappa shape index (κ1) is 25.1. The zero-order chi connectivity index (χ0) is 20.8. The maximum Gasteiger partial charge on any atom is 0.306 e. The van der Waals surface area contributed by atoms with E-state index in [1.807, 2.05) is 0 Å². The lowest BCUT2D eigenvalue weighted by Gasteiger charge is -2.37. The van der Waals surface area contributed by atoms with Gasteiger partial charge in [-0.25, -0.2) is 0 Å². The van der Waals surface area contributed by atoms with E-state index in [1.54, 1.807) is 0 Å². The molecule has 0 saturated heterocycles. The molecule has 3 nitrogen and oxygen atoms in total.